The van der Waals surface area contributed by atoms with Gasteiger partial charge in [-0.15, -0.1) is 11.3 Å². The summed E-state index contributed by atoms with van der Waals surface area (Å²) in [5, 5.41) is 4.79. The highest BCUT2D eigenvalue weighted by atomic mass is 79.9. The summed E-state index contributed by atoms with van der Waals surface area (Å²) in [6, 6.07) is 8.71. The normalized spacial score (nSPS) is 11.5. The van der Waals surface area contributed by atoms with E-state index in [0.29, 0.717) is 5.69 Å². The van der Waals surface area contributed by atoms with Gasteiger partial charge in [0.2, 0.25) is 10.0 Å². The summed E-state index contributed by atoms with van der Waals surface area (Å²) in [5.74, 6) is 0. The number of hydrogen-bond acceptors (Lipinski definition) is 4. The highest BCUT2D eigenvalue weighted by molar-refractivity contribution is 9.10. The van der Waals surface area contributed by atoms with Crippen LogP contribution >= 0.6 is 27.3 Å². The molecule has 0 fully saturated rings. The van der Waals surface area contributed by atoms with Crippen LogP contribution in [0.25, 0.3) is 0 Å². The molecule has 0 amide bonds. The van der Waals surface area contributed by atoms with Crippen LogP contribution in [0, 0.1) is 0 Å². The Kier molecular flexibility index (Phi) is 4.62. The molecule has 0 atom stereocenters. The van der Waals surface area contributed by atoms with E-state index < -0.39 is 10.0 Å². The van der Waals surface area contributed by atoms with Crippen molar-refractivity contribution in [1.82, 2.24) is 4.72 Å². The number of anilines is 1. The van der Waals surface area contributed by atoms with Crippen LogP contribution in [-0.4, -0.2) is 15.5 Å². The molecule has 19 heavy (non-hydrogen) atoms. The second kappa shape index (κ2) is 6.04. The van der Waals surface area contributed by atoms with E-state index in [2.05, 4.69) is 26.0 Å². The van der Waals surface area contributed by atoms with Crippen molar-refractivity contribution >= 4 is 43.0 Å². The van der Waals surface area contributed by atoms with Gasteiger partial charge in [-0.05, 0) is 39.5 Å². The average molecular weight is 361 g/mol. The maximum Gasteiger partial charge on any atom is 0.242 e. The molecule has 0 radical (unpaired) electrons. The van der Waals surface area contributed by atoms with Crippen LogP contribution in [0.5, 0.6) is 0 Å². The number of rotatable bonds is 5. The Morgan fingerprint density at radius 1 is 1.26 bits per heavy atom. The molecule has 7 heteroatoms. The summed E-state index contributed by atoms with van der Waals surface area (Å²) in [5.41, 5.74) is 0.584. The third-order valence-corrected chi connectivity index (χ3v) is 5.95. The fourth-order valence-electron chi connectivity index (χ4n) is 1.60. The molecule has 0 bridgehead atoms. The second-order valence-corrected chi connectivity index (χ2v) is 7.35. The van der Waals surface area contributed by atoms with Gasteiger partial charge in [-0.3, -0.25) is 0 Å². The second-order valence-electron chi connectivity index (χ2n) is 3.76. The topological polar surface area (TPSA) is 58.2 Å². The maximum atomic E-state index is 12.3. The first-order chi connectivity index (χ1) is 9.04. The van der Waals surface area contributed by atoms with Gasteiger partial charge in [0.05, 0.1) is 5.69 Å². The van der Waals surface area contributed by atoms with E-state index in [1.54, 1.807) is 31.3 Å². The monoisotopic (exact) mass is 360 g/mol. The highest BCUT2D eigenvalue weighted by Gasteiger charge is 2.17. The fraction of sp³-hybridized carbons (Fsp3) is 0.167. The van der Waals surface area contributed by atoms with Gasteiger partial charge in [0.25, 0.3) is 0 Å². The van der Waals surface area contributed by atoms with E-state index in [1.807, 2.05) is 11.4 Å². The summed E-state index contributed by atoms with van der Waals surface area (Å²) in [6.07, 6.45) is 0. The van der Waals surface area contributed by atoms with E-state index in [9.17, 15) is 8.42 Å². The molecule has 4 nitrogen and oxygen atoms in total. The zero-order valence-electron chi connectivity index (χ0n) is 10.2. The first kappa shape index (κ1) is 14.5. The molecule has 0 aliphatic rings. The van der Waals surface area contributed by atoms with Gasteiger partial charge in [-0.25, -0.2) is 13.1 Å². The Morgan fingerprint density at radius 2 is 2.00 bits per heavy atom. The lowest BCUT2D eigenvalue weighted by Crippen LogP contribution is -2.23. The molecule has 1 aromatic heterocycles. The molecule has 0 saturated carbocycles. The number of nitrogens with one attached hydrogen (secondary N) is 2. The van der Waals surface area contributed by atoms with Gasteiger partial charge in [0.15, 0.2) is 0 Å². The minimum absolute atomic E-state index is 0.255. The van der Waals surface area contributed by atoms with Crippen LogP contribution in [0.4, 0.5) is 5.69 Å². The van der Waals surface area contributed by atoms with E-state index >= 15 is 0 Å². The smallest absolute Gasteiger partial charge is 0.242 e. The molecular formula is C12H13BrN2O2S2. The van der Waals surface area contributed by atoms with E-state index in [4.69, 9.17) is 0 Å². The number of thiophene rings is 1. The van der Waals surface area contributed by atoms with Crippen LogP contribution in [0.15, 0.2) is 45.1 Å². The molecule has 102 valence electrons. The summed E-state index contributed by atoms with van der Waals surface area (Å²) in [7, 11) is -1.82. The molecule has 0 saturated heterocycles. The number of sulfonamides is 1. The van der Waals surface area contributed by atoms with Gasteiger partial charge in [0.1, 0.15) is 4.90 Å². The van der Waals surface area contributed by atoms with Crippen molar-refractivity contribution in [2.45, 2.75) is 11.4 Å². The summed E-state index contributed by atoms with van der Waals surface area (Å²) in [6.45, 7) is 0.276. The first-order valence-electron chi connectivity index (χ1n) is 5.53. The molecule has 1 heterocycles. The number of hydrogen-bond donors (Lipinski definition) is 2. The van der Waals surface area contributed by atoms with Crippen LogP contribution < -0.4 is 10.0 Å². The van der Waals surface area contributed by atoms with E-state index in [1.165, 1.54) is 11.3 Å². The quantitative estimate of drug-likeness (QED) is 0.861. The summed E-state index contributed by atoms with van der Waals surface area (Å²) in [4.78, 5) is 1.20. The Morgan fingerprint density at radius 3 is 2.63 bits per heavy atom. The summed E-state index contributed by atoms with van der Waals surface area (Å²) >= 11 is 4.89. The van der Waals surface area contributed by atoms with Gasteiger partial charge in [-0.2, -0.15) is 0 Å². The van der Waals surface area contributed by atoms with Gasteiger partial charge >= 0.3 is 0 Å². The van der Waals surface area contributed by atoms with Crippen LogP contribution in [0.1, 0.15) is 4.88 Å². The Bertz CT molecular complexity index is 668. The zero-order chi connectivity index (χ0) is 13.9. The maximum absolute atomic E-state index is 12.3. The van der Waals surface area contributed by atoms with Gasteiger partial charge in [0, 0.05) is 22.9 Å². The minimum atomic E-state index is -3.52. The van der Waals surface area contributed by atoms with Crippen molar-refractivity contribution in [3.8, 4) is 0 Å². The molecule has 2 N–H and O–H groups in total. The fourth-order valence-corrected chi connectivity index (χ4v) is 4.33. The van der Waals surface area contributed by atoms with Crippen molar-refractivity contribution in [3.63, 3.8) is 0 Å². The minimum Gasteiger partial charge on any atom is -0.387 e. The van der Waals surface area contributed by atoms with Crippen LogP contribution in [0.3, 0.4) is 0 Å². The lowest BCUT2D eigenvalue weighted by Gasteiger charge is -2.10. The van der Waals surface area contributed by atoms with Crippen molar-refractivity contribution in [1.29, 1.82) is 0 Å². The molecule has 2 rings (SSSR count). The average Bonchev–Trinajstić information content (AvgIpc) is 2.82. The molecule has 0 aliphatic carbocycles. The van der Waals surface area contributed by atoms with E-state index in [-0.39, 0.29) is 11.4 Å². The standard InChI is InChI=1S/C12H13BrN2O2S2/c1-14-10-4-2-3-5-12(10)19(16,17)15-8-11-9(13)6-7-18-11/h2-7,14-15H,8H2,1H3. The van der Waals surface area contributed by atoms with E-state index in [0.717, 1.165) is 9.35 Å². The summed E-state index contributed by atoms with van der Waals surface area (Å²) < 4.78 is 28.0. The lowest BCUT2D eigenvalue weighted by molar-refractivity contribution is 0.582. The zero-order valence-corrected chi connectivity index (χ0v) is 13.4. The first-order valence-corrected chi connectivity index (χ1v) is 8.68. The number of benzene rings is 1. The molecule has 0 unspecified atom stereocenters. The third kappa shape index (κ3) is 3.36. The van der Waals surface area contributed by atoms with Crippen molar-refractivity contribution < 1.29 is 8.42 Å². The van der Waals surface area contributed by atoms with Crippen LogP contribution in [-0.2, 0) is 16.6 Å². The molecule has 1 aromatic carbocycles. The van der Waals surface area contributed by atoms with Crippen molar-refractivity contribution in [2.75, 3.05) is 12.4 Å². The Balaban J connectivity index is 2.21. The highest BCUT2D eigenvalue weighted by Crippen LogP contribution is 2.24. The van der Waals surface area contributed by atoms with Crippen molar-refractivity contribution in [3.05, 3.63) is 45.1 Å². The third-order valence-electron chi connectivity index (χ3n) is 2.56. The number of halogens is 1. The number of para-hydroxylation sites is 1. The predicted molar refractivity (Wildman–Crippen MR) is 82.0 cm³/mol. The van der Waals surface area contributed by atoms with Gasteiger partial charge in [-0.1, -0.05) is 12.1 Å². The molecule has 0 aliphatic heterocycles. The van der Waals surface area contributed by atoms with Gasteiger partial charge < -0.3 is 5.32 Å². The largest absolute Gasteiger partial charge is 0.387 e. The van der Waals surface area contributed by atoms with Crippen LogP contribution in [0.2, 0.25) is 0 Å². The molecule has 0 spiro atoms. The lowest BCUT2D eigenvalue weighted by atomic mass is 10.3. The molecular weight excluding hydrogens is 348 g/mol. The van der Waals surface area contributed by atoms with Crippen molar-refractivity contribution in [2.24, 2.45) is 0 Å². The Hall–Kier alpha value is -0.890. The SMILES string of the molecule is CNc1ccccc1S(=O)(=O)NCc1sccc1Br. The Labute approximate surface area is 125 Å². The predicted octanol–water partition coefficient (Wildman–Crippen LogP) is 3.03. The molecule has 2 aromatic rings.